The molecule has 0 aliphatic heterocycles. The molecule has 0 saturated heterocycles. The number of nitrogens with one attached hydrogen (secondary N) is 2. The van der Waals surface area contributed by atoms with Crippen molar-refractivity contribution in [1.82, 2.24) is 0 Å². The molecule has 0 saturated carbocycles. The molecule has 742 valence electrons. The zero-order valence-corrected chi connectivity index (χ0v) is 82.6. The fraction of sp³-hybridized carbons (Fsp3) is 0.466. The van der Waals surface area contributed by atoms with Crippen molar-refractivity contribution < 1.29 is 95.2 Å². The first-order chi connectivity index (χ1) is 67.5. The second-order valence-corrected chi connectivity index (χ2v) is 35.4. The number of rotatable bonds is 70. The van der Waals surface area contributed by atoms with Crippen LogP contribution in [0.1, 0.15) is 394 Å². The Balaban J connectivity index is 1.04. The molecular weight excluding hydrogens is 1740 g/mol. The van der Waals surface area contributed by atoms with E-state index in [1.807, 2.05) is 0 Å². The zero-order chi connectivity index (χ0) is 97.8. The van der Waals surface area contributed by atoms with Crippen molar-refractivity contribution in [2.24, 2.45) is 0 Å². The van der Waals surface area contributed by atoms with Gasteiger partial charge in [0.15, 0.2) is 23.0 Å². The van der Waals surface area contributed by atoms with Gasteiger partial charge in [0, 0.05) is 22.5 Å². The lowest BCUT2D eigenvalue weighted by atomic mass is 10.1. The average molecular weight is 1890 g/mol. The highest BCUT2D eigenvalue weighted by atomic mass is 16.6. The summed E-state index contributed by atoms with van der Waals surface area (Å²) in [7, 11) is 0. The minimum Gasteiger partial charge on any atom is -0.494 e. The second kappa shape index (κ2) is 64.6. The fourth-order valence-electron chi connectivity index (χ4n) is 15.6. The van der Waals surface area contributed by atoms with E-state index in [2.05, 4.69) is 52.2 Å². The lowest BCUT2D eigenvalue weighted by Crippen LogP contribution is -2.18. The molecule has 9 aromatic carbocycles. The Bertz CT molecular complexity index is 4580. The molecule has 0 radical (unpaired) electrons. The molecule has 2 N–H and O–H groups in total. The number of hydrogen-bond acceptors (Lipinski definition) is 20. The number of unbranched alkanes of at least 4 members (excludes halogenated alkanes) is 36. The molecule has 0 unspecified atom stereocenters. The Morgan fingerprint density at radius 1 is 0.188 bits per heavy atom. The van der Waals surface area contributed by atoms with Gasteiger partial charge >= 0.3 is 35.8 Å². The number of carbonyl (C=O) groups is 8. The van der Waals surface area contributed by atoms with Crippen molar-refractivity contribution in [3.63, 3.8) is 0 Å². The quantitative estimate of drug-likeness (QED) is 0.0204. The van der Waals surface area contributed by atoms with Gasteiger partial charge in [-0.15, -0.1) is 0 Å². The van der Waals surface area contributed by atoms with Crippen LogP contribution in [0.15, 0.2) is 194 Å². The monoisotopic (exact) mass is 1890 g/mol. The van der Waals surface area contributed by atoms with Crippen LogP contribution in [-0.2, 0) is 0 Å². The highest BCUT2D eigenvalue weighted by molar-refractivity contribution is 6.09. The third-order valence-electron chi connectivity index (χ3n) is 23.8. The van der Waals surface area contributed by atoms with Crippen LogP contribution in [0.5, 0.6) is 69.0 Å². The lowest BCUT2D eigenvalue weighted by molar-refractivity contribution is 0.0655. The van der Waals surface area contributed by atoms with Crippen LogP contribution in [0.25, 0.3) is 0 Å². The predicted octanol–water partition coefficient (Wildman–Crippen LogP) is 30.3. The first-order valence-electron chi connectivity index (χ1n) is 51.3. The summed E-state index contributed by atoms with van der Waals surface area (Å²) in [5.41, 5.74) is -0.0403. The summed E-state index contributed by atoms with van der Waals surface area (Å²) < 4.78 is 73.5. The molecule has 0 aromatic heterocycles. The number of esters is 6. The topological polar surface area (TPSA) is 271 Å². The normalized spacial score (nSPS) is 11.0. The van der Waals surface area contributed by atoms with E-state index in [4.69, 9.17) is 56.8 Å². The van der Waals surface area contributed by atoms with Gasteiger partial charge in [0.25, 0.3) is 11.8 Å². The highest BCUT2D eigenvalue weighted by Gasteiger charge is 2.30. The first kappa shape index (κ1) is 109. The van der Waals surface area contributed by atoms with Gasteiger partial charge < -0.3 is 67.5 Å². The van der Waals surface area contributed by atoms with Crippen molar-refractivity contribution in [3.05, 3.63) is 239 Å². The van der Waals surface area contributed by atoms with E-state index in [0.717, 1.165) is 141 Å². The maximum absolute atomic E-state index is 15.2. The Morgan fingerprint density at radius 2 is 0.355 bits per heavy atom. The van der Waals surface area contributed by atoms with Gasteiger partial charge in [-0.1, -0.05) is 279 Å². The molecule has 0 aliphatic rings. The summed E-state index contributed by atoms with van der Waals surface area (Å²) >= 11 is 0. The van der Waals surface area contributed by atoms with E-state index in [-0.39, 0.29) is 55.9 Å². The predicted molar refractivity (Wildman–Crippen MR) is 545 cm³/mol. The van der Waals surface area contributed by atoms with Crippen LogP contribution in [-0.4, -0.2) is 87.3 Å². The molecule has 0 spiro atoms. The number of ether oxygens (including phenoxy) is 12. The summed E-state index contributed by atoms with van der Waals surface area (Å²) in [5, 5.41) is 5.69. The summed E-state index contributed by atoms with van der Waals surface area (Å²) in [6, 6.07) is 48.6. The molecule has 2 amide bonds. The van der Waals surface area contributed by atoms with Crippen molar-refractivity contribution in [1.29, 1.82) is 0 Å². The van der Waals surface area contributed by atoms with Gasteiger partial charge in [-0.2, -0.15) is 0 Å². The smallest absolute Gasteiger partial charge is 0.343 e. The van der Waals surface area contributed by atoms with Gasteiger partial charge in [-0.3, -0.25) is 9.59 Å². The summed E-state index contributed by atoms with van der Waals surface area (Å²) in [5.74, 6) is -7.32. The van der Waals surface area contributed by atoms with Gasteiger partial charge in [-0.25, -0.2) is 28.8 Å². The Labute approximate surface area is 818 Å². The summed E-state index contributed by atoms with van der Waals surface area (Å²) in [6.07, 6.45) is 46.3. The van der Waals surface area contributed by atoms with Gasteiger partial charge in [-0.05, 0) is 227 Å². The van der Waals surface area contributed by atoms with E-state index < -0.39 is 82.1 Å². The summed E-state index contributed by atoms with van der Waals surface area (Å²) in [4.78, 5) is 118. The third kappa shape index (κ3) is 40.7. The van der Waals surface area contributed by atoms with Crippen LogP contribution >= 0.6 is 0 Å². The largest absolute Gasteiger partial charge is 0.494 e. The molecule has 22 nitrogen and oxygen atoms in total. The molecule has 0 atom stereocenters. The SMILES string of the molecule is CCCCCCCCCOc1ccc(C(=O)Oc2cc(C(=O)Nc3cccc(NC(=O)c4cc(OC(=O)c5ccc(OCCCCCCCCC)cc5)c(OC(=O)c5ccc(OCCCCCCCCC)cc5)c(OC(=O)c5ccc(OCCCCCCCCC)cc5)c4)c3)cc(OC(=O)c3ccc(OCCCCCCCCC)cc3)c2OC(=O)c2ccc(OCCCCCCCCC)cc2)cc1. The summed E-state index contributed by atoms with van der Waals surface area (Å²) in [6.45, 7) is 16.0. The molecule has 0 fully saturated rings. The molecular formula is C116H148N2O20. The van der Waals surface area contributed by atoms with E-state index in [0.29, 0.717) is 74.1 Å². The van der Waals surface area contributed by atoms with E-state index in [9.17, 15) is 28.8 Å². The third-order valence-corrected chi connectivity index (χ3v) is 23.8. The molecule has 0 bridgehead atoms. The van der Waals surface area contributed by atoms with Crippen molar-refractivity contribution >= 4 is 59.0 Å². The van der Waals surface area contributed by atoms with Crippen LogP contribution in [0.3, 0.4) is 0 Å². The Hall–Kier alpha value is -12.5. The van der Waals surface area contributed by atoms with Crippen LogP contribution in [0, 0.1) is 0 Å². The maximum Gasteiger partial charge on any atom is 0.343 e. The standard InChI is InChI=1S/C116H148N2O20/c1-7-13-19-25-31-37-43-76-127-97-64-52-87(53-65-97)111(121)133-103-82-93(83-104(134-112(122)88-54-66-98(67-55-88)128-77-44-38-32-26-20-14-8-2)107(103)137-115(125)91-60-72-101(73-61-91)131-80-47-41-35-29-23-17-11-5)109(119)117-95-50-49-51-96(86-95)118-110(120)94-84-105(135-113(123)89-56-68-99(69-57-89)129-78-45-39-33-27-21-15-9-3)108(138-116(126)92-62-74-102(75-63-92)132-81-48-42-36-30-24-18-12-6)106(85-94)136-114(124)90-58-70-100(71-59-90)130-79-46-40-34-28-22-16-10-4/h49-75,82-86H,7-48,76-81H2,1-6H3,(H,117,119)(H,118,120). The first-order valence-corrected chi connectivity index (χ1v) is 51.3. The average Bonchev–Trinajstić information content (AvgIpc) is 0.792. The Kier molecular flexibility index (Phi) is 51.1. The van der Waals surface area contributed by atoms with Gasteiger partial charge in [0.2, 0.25) is 11.5 Å². The molecule has 0 heterocycles. The van der Waals surface area contributed by atoms with Crippen molar-refractivity contribution in [3.8, 4) is 69.0 Å². The van der Waals surface area contributed by atoms with Crippen LogP contribution < -0.4 is 67.5 Å². The van der Waals surface area contributed by atoms with E-state index >= 15 is 9.59 Å². The van der Waals surface area contributed by atoms with E-state index in [1.165, 1.54) is 250 Å². The van der Waals surface area contributed by atoms with Crippen LogP contribution in [0.4, 0.5) is 11.4 Å². The maximum atomic E-state index is 15.2. The fourth-order valence-corrected chi connectivity index (χ4v) is 15.6. The van der Waals surface area contributed by atoms with Crippen molar-refractivity contribution in [2.45, 2.75) is 311 Å². The van der Waals surface area contributed by atoms with E-state index in [1.54, 1.807) is 72.8 Å². The number of benzene rings is 9. The number of hydrogen-bond donors (Lipinski definition) is 2. The Morgan fingerprint density at radius 3 is 0.536 bits per heavy atom. The molecule has 0 aliphatic carbocycles. The molecule has 22 heteroatoms. The molecule has 9 aromatic rings. The van der Waals surface area contributed by atoms with Crippen LogP contribution in [0.2, 0.25) is 0 Å². The zero-order valence-electron chi connectivity index (χ0n) is 82.6. The number of anilines is 2. The lowest BCUT2D eigenvalue weighted by Gasteiger charge is -2.17. The molecule has 9 rings (SSSR count). The minimum absolute atomic E-state index is 0.0522. The highest BCUT2D eigenvalue weighted by Crippen LogP contribution is 2.44. The van der Waals surface area contributed by atoms with Gasteiger partial charge in [0.05, 0.1) is 73.0 Å². The second-order valence-electron chi connectivity index (χ2n) is 35.4. The number of carbonyl (C=O) groups excluding carboxylic acids is 8. The molecule has 138 heavy (non-hydrogen) atoms. The minimum atomic E-state index is -0.948. The van der Waals surface area contributed by atoms with Gasteiger partial charge in [0.1, 0.15) is 34.5 Å². The number of amides is 2. The van der Waals surface area contributed by atoms with Crippen molar-refractivity contribution in [2.75, 3.05) is 50.3 Å².